The number of anilines is 1. The first-order chi connectivity index (χ1) is 9.75. The van der Waals surface area contributed by atoms with Crippen molar-refractivity contribution in [3.63, 3.8) is 0 Å². The molecular formula is C11H12N4O5. The van der Waals surface area contributed by atoms with Crippen LogP contribution in [0.25, 0.3) is 11.0 Å². The molecule has 1 saturated heterocycles. The van der Waals surface area contributed by atoms with Crippen LogP contribution < -0.4 is 5.32 Å². The minimum Gasteiger partial charge on any atom is -0.380 e. The lowest BCUT2D eigenvalue weighted by Gasteiger charge is -2.23. The average Bonchev–Trinajstić information content (AvgIpc) is 2.95. The molecule has 1 aliphatic rings. The van der Waals surface area contributed by atoms with E-state index in [1.165, 1.54) is 6.07 Å². The fourth-order valence-corrected chi connectivity index (χ4v) is 2.02. The summed E-state index contributed by atoms with van der Waals surface area (Å²) in [5, 5.41) is 21.3. The van der Waals surface area contributed by atoms with Crippen molar-refractivity contribution in [1.82, 2.24) is 10.3 Å². The van der Waals surface area contributed by atoms with E-state index >= 15 is 0 Å². The van der Waals surface area contributed by atoms with Gasteiger partial charge in [0.25, 0.3) is 0 Å². The standard InChI is InChI=1S/C11H12N4O5/c16-15(17)9-2-1-8(10-11(9)14-20-13-10)12-5-7-6-18-3-4-19-7/h1-2,7,12H,3-6H2. The molecule has 1 unspecified atom stereocenters. The van der Waals surface area contributed by atoms with Gasteiger partial charge in [-0.3, -0.25) is 10.1 Å². The highest BCUT2D eigenvalue weighted by Crippen LogP contribution is 2.28. The minimum atomic E-state index is -0.519. The maximum Gasteiger partial charge on any atom is 0.300 e. The molecule has 1 fully saturated rings. The molecule has 2 aromatic rings. The number of nitrogens with one attached hydrogen (secondary N) is 1. The van der Waals surface area contributed by atoms with Crippen molar-refractivity contribution in [1.29, 1.82) is 0 Å². The first kappa shape index (κ1) is 12.8. The quantitative estimate of drug-likeness (QED) is 0.650. The highest BCUT2D eigenvalue weighted by atomic mass is 16.6. The van der Waals surface area contributed by atoms with E-state index in [9.17, 15) is 10.1 Å². The van der Waals surface area contributed by atoms with E-state index in [1.807, 2.05) is 0 Å². The van der Waals surface area contributed by atoms with Gasteiger partial charge in [0.15, 0.2) is 5.52 Å². The molecule has 2 heterocycles. The van der Waals surface area contributed by atoms with Gasteiger partial charge in [-0.2, -0.15) is 0 Å². The van der Waals surface area contributed by atoms with Gasteiger partial charge in [-0.15, -0.1) is 0 Å². The number of hydrogen-bond donors (Lipinski definition) is 1. The Kier molecular flexibility index (Phi) is 3.44. The summed E-state index contributed by atoms with van der Waals surface area (Å²) in [7, 11) is 0. The summed E-state index contributed by atoms with van der Waals surface area (Å²) in [4.78, 5) is 10.3. The van der Waals surface area contributed by atoms with E-state index in [-0.39, 0.29) is 17.3 Å². The topological polar surface area (TPSA) is 113 Å². The van der Waals surface area contributed by atoms with Gasteiger partial charge in [-0.05, 0) is 16.4 Å². The monoisotopic (exact) mass is 280 g/mol. The van der Waals surface area contributed by atoms with Crippen LogP contribution in [-0.2, 0) is 9.47 Å². The Balaban J connectivity index is 1.79. The van der Waals surface area contributed by atoms with E-state index in [1.54, 1.807) is 6.07 Å². The molecule has 0 bridgehead atoms. The van der Waals surface area contributed by atoms with E-state index < -0.39 is 4.92 Å². The second kappa shape index (κ2) is 5.39. The number of hydrogen-bond acceptors (Lipinski definition) is 8. The lowest BCUT2D eigenvalue weighted by atomic mass is 10.2. The van der Waals surface area contributed by atoms with Crippen LogP contribution in [-0.4, -0.2) is 47.7 Å². The highest BCUT2D eigenvalue weighted by molar-refractivity contribution is 5.93. The molecular weight excluding hydrogens is 268 g/mol. The highest BCUT2D eigenvalue weighted by Gasteiger charge is 2.20. The molecule has 0 spiro atoms. The van der Waals surface area contributed by atoms with Gasteiger partial charge in [0.2, 0.25) is 5.52 Å². The number of nitrogens with zero attached hydrogens (tertiary/aromatic N) is 3. The molecule has 20 heavy (non-hydrogen) atoms. The van der Waals surface area contributed by atoms with Crippen molar-refractivity contribution in [3.8, 4) is 0 Å². The van der Waals surface area contributed by atoms with Gasteiger partial charge in [0, 0.05) is 12.6 Å². The fraction of sp³-hybridized carbons (Fsp3) is 0.455. The molecule has 0 saturated carbocycles. The minimum absolute atomic E-state index is 0.0612. The predicted octanol–water partition coefficient (Wildman–Crippen LogP) is 0.958. The van der Waals surface area contributed by atoms with Gasteiger partial charge in [0.05, 0.1) is 36.5 Å². The summed E-state index contributed by atoms with van der Waals surface area (Å²) in [6.07, 6.45) is -0.0612. The lowest BCUT2D eigenvalue weighted by Crippen LogP contribution is -2.34. The number of aromatic nitrogens is 2. The molecule has 9 heteroatoms. The molecule has 1 aliphatic heterocycles. The van der Waals surface area contributed by atoms with Crippen LogP contribution in [0.2, 0.25) is 0 Å². The smallest absolute Gasteiger partial charge is 0.300 e. The maximum atomic E-state index is 10.9. The molecule has 0 amide bonds. The van der Waals surface area contributed by atoms with Gasteiger partial charge >= 0.3 is 5.69 Å². The number of nitro groups is 1. The molecule has 0 aliphatic carbocycles. The zero-order valence-corrected chi connectivity index (χ0v) is 10.4. The van der Waals surface area contributed by atoms with Crippen LogP contribution in [0.5, 0.6) is 0 Å². The van der Waals surface area contributed by atoms with Crippen LogP contribution in [0.4, 0.5) is 11.4 Å². The Morgan fingerprint density at radius 2 is 2.20 bits per heavy atom. The Hall–Kier alpha value is -2.26. The second-order valence-corrected chi connectivity index (χ2v) is 4.30. The average molecular weight is 280 g/mol. The number of benzene rings is 1. The van der Waals surface area contributed by atoms with Crippen LogP contribution in [0.3, 0.4) is 0 Å². The molecule has 1 atom stereocenters. The number of ether oxygens (including phenoxy) is 2. The normalized spacial score (nSPS) is 19.1. The van der Waals surface area contributed by atoms with Crippen LogP contribution in [0.15, 0.2) is 16.8 Å². The molecule has 1 aromatic carbocycles. The summed E-state index contributed by atoms with van der Waals surface area (Å²) in [5.41, 5.74) is 0.932. The van der Waals surface area contributed by atoms with Crippen molar-refractivity contribution >= 4 is 22.4 Å². The molecule has 1 N–H and O–H groups in total. The third kappa shape index (κ3) is 2.40. The Labute approximate surface area is 112 Å². The molecule has 9 nitrogen and oxygen atoms in total. The molecule has 0 radical (unpaired) electrons. The Morgan fingerprint density at radius 3 is 2.95 bits per heavy atom. The summed E-state index contributed by atoms with van der Waals surface area (Å²) in [5.74, 6) is 0. The first-order valence-corrected chi connectivity index (χ1v) is 6.08. The van der Waals surface area contributed by atoms with Crippen LogP contribution >= 0.6 is 0 Å². The predicted molar refractivity (Wildman–Crippen MR) is 67.5 cm³/mol. The molecule has 106 valence electrons. The number of rotatable bonds is 4. The van der Waals surface area contributed by atoms with Crippen LogP contribution in [0, 0.1) is 10.1 Å². The third-order valence-electron chi connectivity index (χ3n) is 3.00. The van der Waals surface area contributed by atoms with Crippen molar-refractivity contribution in [2.24, 2.45) is 0 Å². The van der Waals surface area contributed by atoms with Crippen molar-refractivity contribution in [2.75, 3.05) is 31.7 Å². The lowest BCUT2D eigenvalue weighted by molar-refractivity contribution is -0.383. The zero-order valence-electron chi connectivity index (χ0n) is 10.4. The van der Waals surface area contributed by atoms with Crippen LogP contribution in [0.1, 0.15) is 0 Å². The van der Waals surface area contributed by atoms with Crippen molar-refractivity contribution in [2.45, 2.75) is 6.10 Å². The van der Waals surface area contributed by atoms with E-state index in [4.69, 9.17) is 9.47 Å². The summed E-state index contributed by atoms with van der Waals surface area (Å²) in [6.45, 7) is 2.19. The third-order valence-corrected chi connectivity index (χ3v) is 3.00. The van der Waals surface area contributed by atoms with Gasteiger partial charge in [-0.1, -0.05) is 0 Å². The SMILES string of the molecule is O=[N+]([O-])c1ccc(NCC2COCCO2)c2nonc12. The van der Waals surface area contributed by atoms with Gasteiger partial charge in [-0.25, -0.2) is 4.63 Å². The van der Waals surface area contributed by atoms with E-state index in [0.29, 0.717) is 37.6 Å². The van der Waals surface area contributed by atoms with Gasteiger partial charge < -0.3 is 14.8 Å². The largest absolute Gasteiger partial charge is 0.380 e. The Morgan fingerprint density at radius 1 is 1.35 bits per heavy atom. The summed E-state index contributed by atoms with van der Waals surface area (Å²) >= 11 is 0. The zero-order chi connectivity index (χ0) is 13.9. The maximum absolute atomic E-state index is 10.9. The van der Waals surface area contributed by atoms with Crippen molar-refractivity contribution < 1.29 is 19.0 Å². The fourth-order valence-electron chi connectivity index (χ4n) is 2.02. The van der Waals surface area contributed by atoms with Gasteiger partial charge in [0.1, 0.15) is 0 Å². The van der Waals surface area contributed by atoms with Crippen molar-refractivity contribution in [3.05, 3.63) is 22.2 Å². The van der Waals surface area contributed by atoms with E-state index in [2.05, 4.69) is 20.3 Å². The summed E-state index contributed by atoms with van der Waals surface area (Å²) < 4.78 is 15.4. The number of non-ortho nitro benzene ring substituents is 1. The number of fused-ring (bicyclic) bond motifs is 1. The number of nitro benzene ring substituents is 1. The van der Waals surface area contributed by atoms with E-state index in [0.717, 1.165) is 0 Å². The first-order valence-electron chi connectivity index (χ1n) is 6.08. The summed E-state index contributed by atoms with van der Waals surface area (Å²) in [6, 6.07) is 2.95. The molecule has 3 rings (SSSR count). The molecule has 1 aromatic heterocycles. The Bertz CT molecular complexity index is 622. The second-order valence-electron chi connectivity index (χ2n) is 4.30.